The summed E-state index contributed by atoms with van der Waals surface area (Å²) in [5, 5.41) is 0. The van der Waals surface area contributed by atoms with Crippen molar-refractivity contribution in [2.45, 2.75) is 45.3 Å². The average Bonchev–Trinajstić information content (AvgIpc) is 2.57. The molecule has 0 aliphatic carbocycles. The minimum absolute atomic E-state index is 0.0304. The summed E-state index contributed by atoms with van der Waals surface area (Å²) in [5.74, 6) is 0.726. The molecule has 5 nitrogen and oxygen atoms in total. The Morgan fingerprint density at radius 3 is 2.75 bits per heavy atom. The number of benzene rings is 1. The van der Waals surface area contributed by atoms with Gasteiger partial charge in [0, 0.05) is 19.7 Å². The summed E-state index contributed by atoms with van der Waals surface area (Å²) in [7, 11) is 0. The second-order valence-corrected chi connectivity index (χ2v) is 7.09. The van der Waals surface area contributed by atoms with Crippen LogP contribution in [0.3, 0.4) is 0 Å². The zero-order chi connectivity index (χ0) is 17.5. The lowest BCUT2D eigenvalue weighted by atomic mass is 10.1. The van der Waals surface area contributed by atoms with Crippen LogP contribution in [0.5, 0.6) is 5.75 Å². The predicted molar refractivity (Wildman–Crippen MR) is 98.2 cm³/mol. The van der Waals surface area contributed by atoms with Crippen LogP contribution < -0.4 is 10.5 Å². The first-order chi connectivity index (χ1) is 11.5. The number of carbonyl (C=O) groups is 1. The smallest absolute Gasteiger partial charge is 0.263 e. The third kappa shape index (κ3) is 5.46. The lowest BCUT2D eigenvalue weighted by molar-refractivity contribution is -0.140. The summed E-state index contributed by atoms with van der Waals surface area (Å²) in [4.78, 5) is 14.4. The Labute approximate surface area is 152 Å². The van der Waals surface area contributed by atoms with Gasteiger partial charge >= 0.3 is 0 Å². The number of halogens is 1. The molecule has 1 atom stereocenters. The Morgan fingerprint density at radius 2 is 2.12 bits per heavy atom. The molecule has 24 heavy (non-hydrogen) atoms. The van der Waals surface area contributed by atoms with Crippen molar-refractivity contribution < 1.29 is 14.3 Å². The highest BCUT2D eigenvalue weighted by Gasteiger charge is 2.27. The number of nitrogens with two attached hydrogens (primary N) is 1. The normalized spacial score (nSPS) is 16.9. The van der Waals surface area contributed by atoms with Crippen molar-refractivity contribution in [1.29, 1.82) is 0 Å². The number of rotatable bonds is 7. The van der Waals surface area contributed by atoms with Crippen molar-refractivity contribution >= 4 is 21.8 Å². The maximum atomic E-state index is 12.6. The van der Waals surface area contributed by atoms with Crippen LogP contribution in [-0.4, -0.2) is 49.3 Å². The number of carbonyl (C=O) groups excluding carboxylic acids is 1. The summed E-state index contributed by atoms with van der Waals surface area (Å²) in [6.45, 7) is 6.61. The second-order valence-electron chi connectivity index (χ2n) is 6.23. The zero-order valence-corrected chi connectivity index (χ0v) is 16.0. The molecule has 2 N–H and O–H groups in total. The van der Waals surface area contributed by atoms with E-state index in [4.69, 9.17) is 15.2 Å². The quantitative estimate of drug-likeness (QED) is 0.717. The molecule has 0 spiro atoms. The van der Waals surface area contributed by atoms with Crippen LogP contribution in [-0.2, 0) is 9.53 Å². The van der Waals surface area contributed by atoms with Crippen molar-refractivity contribution in [3.8, 4) is 5.75 Å². The van der Waals surface area contributed by atoms with Gasteiger partial charge in [-0.2, -0.15) is 0 Å². The topological polar surface area (TPSA) is 64.8 Å². The Balaban J connectivity index is 1.81. The molecular weight excluding hydrogens is 372 g/mol. The van der Waals surface area contributed by atoms with Gasteiger partial charge in [0.2, 0.25) is 0 Å². The first-order valence-electron chi connectivity index (χ1n) is 8.54. The maximum absolute atomic E-state index is 12.6. The predicted octanol–water partition coefficient (Wildman–Crippen LogP) is 2.88. The van der Waals surface area contributed by atoms with Crippen LogP contribution in [0.4, 0.5) is 0 Å². The second kappa shape index (κ2) is 9.39. The van der Waals surface area contributed by atoms with E-state index in [0.29, 0.717) is 18.9 Å². The van der Waals surface area contributed by atoms with Crippen LogP contribution in [0.15, 0.2) is 22.7 Å². The molecule has 0 radical (unpaired) electrons. The Hall–Kier alpha value is -1.11. The molecular formula is C18H27BrN2O3. The van der Waals surface area contributed by atoms with E-state index in [-0.39, 0.29) is 12.0 Å². The molecule has 1 heterocycles. The van der Waals surface area contributed by atoms with Crippen molar-refractivity contribution in [3.63, 3.8) is 0 Å². The van der Waals surface area contributed by atoms with Gasteiger partial charge in [-0.25, -0.2) is 0 Å². The number of hydrogen-bond acceptors (Lipinski definition) is 4. The SMILES string of the molecule is Cc1ccc(OC(C)C(=O)N2CCC(OCCCN)CC2)c(Br)c1. The molecule has 6 heteroatoms. The fourth-order valence-electron chi connectivity index (χ4n) is 2.78. The van der Waals surface area contributed by atoms with E-state index in [1.165, 1.54) is 0 Å². The highest BCUT2D eigenvalue weighted by molar-refractivity contribution is 9.10. The van der Waals surface area contributed by atoms with Crippen LogP contribution in [0.2, 0.25) is 0 Å². The number of nitrogens with zero attached hydrogens (tertiary/aromatic N) is 1. The van der Waals surface area contributed by atoms with Crippen LogP contribution in [0.25, 0.3) is 0 Å². The summed E-state index contributed by atoms with van der Waals surface area (Å²) in [5.41, 5.74) is 6.61. The van der Waals surface area contributed by atoms with Crippen molar-refractivity contribution in [2.24, 2.45) is 5.73 Å². The Morgan fingerprint density at radius 1 is 1.42 bits per heavy atom. The Bertz CT molecular complexity index is 545. The van der Waals surface area contributed by atoms with E-state index in [9.17, 15) is 4.79 Å². The third-order valence-corrected chi connectivity index (χ3v) is 4.81. The molecule has 1 saturated heterocycles. The summed E-state index contributed by atoms with van der Waals surface area (Å²) in [6, 6.07) is 5.85. The van der Waals surface area contributed by atoms with E-state index in [1.54, 1.807) is 6.92 Å². The van der Waals surface area contributed by atoms with E-state index in [1.807, 2.05) is 30.0 Å². The van der Waals surface area contributed by atoms with Gasteiger partial charge in [-0.1, -0.05) is 6.07 Å². The number of amides is 1. The van der Waals surface area contributed by atoms with Gasteiger partial charge in [0.25, 0.3) is 5.91 Å². The fraction of sp³-hybridized carbons (Fsp3) is 0.611. The lowest BCUT2D eigenvalue weighted by Crippen LogP contribution is -2.46. The van der Waals surface area contributed by atoms with Gasteiger partial charge in [0.05, 0.1) is 10.6 Å². The molecule has 1 amide bonds. The van der Waals surface area contributed by atoms with Gasteiger partial charge < -0.3 is 20.1 Å². The van der Waals surface area contributed by atoms with Gasteiger partial charge in [-0.3, -0.25) is 4.79 Å². The number of hydrogen-bond donors (Lipinski definition) is 1. The first kappa shape index (κ1) is 19.2. The van der Waals surface area contributed by atoms with E-state index >= 15 is 0 Å². The van der Waals surface area contributed by atoms with Gasteiger partial charge in [-0.15, -0.1) is 0 Å². The molecule has 1 aromatic carbocycles. The van der Waals surface area contributed by atoms with Gasteiger partial charge in [-0.05, 0) is 73.3 Å². The molecule has 1 fully saturated rings. The van der Waals surface area contributed by atoms with Crippen molar-refractivity contribution in [1.82, 2.24) is 4.90 Å². The highest BCUT2D eigenvalue weighted by atomic mass is 79.9. The average molecular weight is 399 g/mol. The van der Waals surface area contributed by atoms with E-state index < -0.39 is 6.10 Å². The minimum atomic E-state index is -0.501. The molecule has 1 aliphatic heterocycles. The fourth-order valence-corrected chi connectivity index (χ4v) is 3.36. The first-order valence-corrected chi connectivity index (χ1v) is 9.34. The maximum Gasteiger partial charge on any atom is 0.263 e. The summed E-state index contributed by atoms with van der Waals surface area (Å²) in [6.07, 6.45) is 2.37. The molecule has 1 aromatic rings. The summed E-state index contributed by atoms with van der Waals surface area (Å²) >= 11 is 3.48. The monoisotopic (exact) mass is 398 g/mol. The molecule has 2 rings (SSSR count). The van der Waals surface area contributed by atoms with Crippen LogP contribution in [0.1, 0.15) is 31.7 Å². The van der Waals surface area contributed by atoms with Gasteiger partial charge in [0.15, 0.2) is 6.10 Å². The Kier molecular flexibility index (Phi) is 7.52. The standard InChI is InChI=1S/C18H27BrN2O3/c1-13-4-5-17(16(19)12-13)24-14(2)18(22)21-9-6-15(7-10-21)23-11-3-8-20/h4-5,12,14-15H,3,6-11,20H2,1-2H3. The van der Waals surface area contributed by atoms with Crippen molar-refractivity contribution in [2.75, 3.05) is 26.2 Å². The molecule has 1 unspecified atom stereocenters. The highest BCUT2D eigenvalue weighted by Crippen LogP contribution is 2.27. The van der Waals surface area contributed by atoms with E-state index in [0.717, 1.165) is 42.4 Å². The number of ether oxygens (including phenoxy) is 2. The minimum Gasteiger partial charge on any atom is -0.480 e. The number of likely N-dealkylation sites (tertiary alicyclic amines) is 1. The molecule has 0 bridgehead atoms. The van der Waals surface area contributed by atoms with Crippen LogP contribution >= 0.6 is 15.9 Å². The third-order valence-electron chi connectivity index (χ3n) is 4.19. The largest absolute Gasteiger partial charge is 0.480 e. The van der Waals surface area contributed by atoms with Crippen molar-refractivity contribution in [3.05, 3.63) is 28.2 Å². The van der Waals surface area contributed by atoms with E-state index in [2.05, 4.69) is 15.9 Å². The number of aryl methyl sites for hydroxylation is 1. The zero-order valence-electron chi connectivity index (χ0n) is 14.5. The van der Waals surface area contributed by atoms with Crippen LogP contribution in [0, 0.1) is 6.92 Å². The summed E-state index contributed by atoms with van der Waals surface area (Å²) < 4.78 is 12.5. The molecule has 1 aliphatic rings. The molecule has 134 valence electrons. The molecule has 0 saturated carbocycles. The number of piperidine rings is 1. The lowest BCUT2D eigenvalue weighted by Gasteiger charge is -2.33. The van der Waals surface area contributed by atoms with Gasteiger partial charge in [0.1, 0.15) is 5.75 Å². The molecule has 0 aromatic heterocycles.